The number of rotatable bonds is 1. The molecule has 4 heteroatoms. The van der Waals surface area contributed by atoms with E-state index >= 15 is 0 Å². The summed E-state index contributed by atoms with van der Waals surface area (Å²) < 4.78 is 5.41. The molecule has 92 valence electrons. The lowest BCUT2D eigenvalue weighted by Crippen LogP contribution is -2.41. The number of carbonyl (C=O) groups is 1. The summed E-state index contributed by atoms with van der Waals surface area (Å²) in [5.41, 5.74) is 5.45. The van der Waals surface area contributed by atoms with Gasteiger partial charge in [0.15, 0.2) is 0 Å². The first-order chi connectivity index (χ1) is 7.38. The zero-order valence-electron chi connectivity index (χ0n) is 10.4. The molecule has 0 spiro atoms. The van der Waals surface area contributed by atoms with E-state index < -0.39 is 5.60 Å². The third kappa shape index (κ3) is 2.48. The average molecular weight is 226 g/mol. The third-order valence-electron chi connectivity index (χ3n) is 3.31. The van der Waals surface area contributed by atoms with E-state index in [0.29, 0.717) is 18.0 Å². The maximum atomic E-state index is 12.0. The van der Waals surface area contributed by atoms with Gasteiger partial charge in [-0.2, -0.15) is 0 Å². The number of hydrogen-bond acceptors (Lipinski definition) is 3. The third-order valence-corrected chi connectivity index (χ3v) is 3.31. The van der Waals surface area contributed by atoms with E-state index in [1.165, 1.54) is 0 Å². The highest BCUT2D eigenvalue weighted by atomic mass is 16.6. The predicted molar refractivity (Wildman–Crippen MR) is 62.0 cm³/mol. The molecule has 2 aliphatic rings. The summed E-state index contributed by atoms with van der Waals surface area (Å²) in [6.07, 6.45) is 3.04. The maximum absolute atomic E-state index is 12.0. The Morgan fingerprint density at radius 1 is 1.44 bits per heavy atom. The largest absolute Gasteiger partial charge is 0.444 e. The molecule has 3 atom stereocenters. The van der Waals surface area contributed by atoms with Crippen molar-refractivity contribution in [3.63, 3.8) is 0 Å². The van der Waals surface area contributed by atoms with Gasteiger partial charge in [-0.15, -0.1) is 0 Å². The van der Waals surface area contributed by atoms with Gasteiger partial charge in [0.2, 0.25) is 0 Å². The molecule has 1 aliphatic heterocycles. The molecular weight excluding hydrogens is 204 g/mol. The second-order valence-corrected chi connectivity index (χ2v) is 5.95. The summed E-state index contributed by atoms with van der Waals surface area (Å²) in [6, 6.07) is 0.623. The number of ether oxygens (including phenoxy) is 1. The maximum Gasteiger partial charge on any atom is 0.410 e. The lowest BCUT2D eigenvalue weighted by atomic mass is 10.1. The van der Waals surface area contributed by atoms with Crippen LogP contribution in [0.4, 0.5) is 4.79 Å². The fourth-order valence-electron chi connectivity index (χ4n) is 2.46. The highest BCUT2D eigenvalue weighted by Crippen LogP contribution is 2.39. The van der Waals surface area contributed by atoms with Crippen LogP contribution in [0.15, 0.2) is 0 Å². The van der Waals surface area contributed by atoms with Crippen molar-refractivity contribution in [3.05, 3.63) is 0 Å². The van der Waals surface area contributed by atoms with Gasteiger partial charge in [-0.1, -0.05) is 0 Å². The molecule has 2 fully saturated rings. The minimum Gasteiger partial charge on any atom is -0.444 e. The van der Waals surface area contributed by atoms with Gasteiger partial charge in [-0.25, -0.2) is 4.79 Å². The molecule has 1 saturated heterocycles. The summed E-state index contributed by atoms with van der Waals surface area (Å²) in [6.45, 7) is 6.53. The van der Waals surface area contributed by atoms with Crippen LogP contribution in [0.2, 0.25) is 0 Å². The number of hydrogen-bond donors (Lipinski definition) is 1. The first kappa shape index (κ1) is 11.7. The summed E-state index contributed by atoms with van der Waals surface area (Å²) in [5, 5.41) is 0. The van der Waals surface area contributed by atoms with Gasteiger partial charge >= 0.3 is 6.09 Å². The zero-order valence-corrected chi connectivity index (χ0v) is 10.4. The molecule has 1 saturated carbocycles. The van der Waals surface area contributed by atoms with Crippen LogP contribution in [0.1, 0.15) is 40.0 Å². The molecule has 16 heavy (non-hydrogen) atoms. The topological polar surface area (TPSA) is 55.6 Å². The van der Waals surface area contributed by atoms with Crippen molar-refractivity contribution in [2.45, 2.75) is 57.7 Å². The summed E-state index contributed by atoms with van der Waals surface area (Å²) in [5.74, 6) is 0.509. The Morgan fingerprint density at radius 2 is 2.06 bits per heavy atom. The molecule has 0 bridgehead atoms. The number of nitrogens with zero attached hydrogens (tertiary/aromatic N) is 1. The smallest absolute Gasteiger partial charge is 0.410 e. The van der Waals surface area contributed by atoms with E-state index in [-0.39, 0.29) is 6.09 Å². The van der Waals surface area contributed by atoms with Crippen LogP contribution < -0.4 is 5.73 Å². The van der Waals surface area contributed by atoms with Gasteiger partial charge in [0, 0.05) is 18.6 Å². The molecule has 0 aromatic rings. The van der Waals surface area contributed by atoms with E-state index in [9.17, 15) is 4.79 Å². The number of amides is 1. The highest BCUT2D eigenvalue weighted by molar-refractivity contribution is 5.69. The average Bonchev–Trinajstić information content (AvgIpc) is 2.68. The Labute approximate surface area is 97.1 Å². The van der Waals surface area contributed by atoms with Crippen LogP contribution in [0.25, 0.3) is 0 Å². The SMILES string of the molecule is CC(C)(C)OC(=O)N1CCCC1C1CC1N. The van der Waals surface area contributed by atoms with Crippen LogP contribution in [-0.2, 0) is 4.74 Å². The Kier molecular flexibility index (Phi) is 2.86. The Balaban J connectivity index is 1.95. The zero-order chi connectivity index (χ0) is 11.9. The molecular formula is C12H22N2O2. The minimum atomic E-state index is -0.407. The van der Waals surface area contributed by atoms with Crippen molar-refractivity contribution in [2.75, 3.05) is 6.54 Å². The van der Waals surface area contributed by atoms with Gasteiger partial charge in [0.05, 0.1) is 0 Å². The van der Waals surface area contributed by atoms with Crippen molar-refractivity contribution >= 4 is 6.09 Å². The summed E-state index contributed by atoms with van der Waals surface area (Å²) in [4.78, 5) is 13.9. The second kappa shape index (κ2) is 3.91. The molecule has 1 aliphatic carbocycles. The van der Waals surface area contributed by atoms with Crippen LogP contribution in [0.5, 0.6) is 0 Å². The van der Waals surface area contributed by atoms with Crippen molar-refractivity contribution in [3.8, 4) is 0 Å². The normalized spacial score (nSPS) is 34.0. The van der Waals surface area contributed by atoms with Crippen LogP contribution >= 0.6 is 0 Å². The van der Waals surface area contributed by atoms with Gasteiger partial charge in [-0.05, 0) is 46.0 Å². The molecule has 1 heterocycles. The van der Waals surface area contributed by atoms with Crippen molar-refractivity contribution < 1.29 is 9.53 Å². The molecule has 2 N–H and O–H groups in total. The fourth-order valence-corrected chi connectivity index (χ4v) is 2.46. The van der Waals surface area contributed by atoms with Gasteiger partial charge < -0.3 is 15.4 Å². The van der Waals surface area contributed by atoms with Crippen molar-refractivity contribution in [2.24, 2.45) is 11.7 Å². The molecule has 0 aromatic heterocycles. The second-order valence-electron chi connectivity index (χ2n) is 5.95. The quantitative estimate of drug-likeness (QED) is 0.741. The monoisotopic (exact) mass is 226 g/mol. The Bertz CT molecular complexity index is 285. The Hall–Kier alpha value is -0.770. The van der Waals surface area contributed by atoms with E-state index in [2.05, 4.69) is 0 Å². The number of carbonyl (C=O) groups excluding carboxylic acids is 1. The lowest BCUT2D eigenvalue weighted by molar-refractivity contribution is 0.0209. The van der Waals surface area contributed by atoms with Crippen LogP contribution in [0, 0.1) is 5.92 Å². The van der Waals surface area contributed by atoms with E-state index in [4.69, 9.17) is 10.5 Å². The highest BCUT2D eigenvalue weighted by Gasteiger charge is 2.46. The molecule has 0 aromatic carbocycles. The molecule has 3 unspecified atom stereocenters. The minimum absolute atomic E-state index is 0.172. The molecule has 0 radical (unpaired) electrons. The summed E-state index contributed by atoms with van der Waals surface area (Å²) in [7, 11) is 0. The fraction of sp³-hybridized carbons (Fsp3) is 0.917. The van der Waals surface area contributed by atoms with Crippen LogP contribution in [-0.4, -0.2) is 35.2 Å². The predicted octanol–water partition coefficient (Wildman–Crippen LogP) is 1.73. The Morgan fingerprint density at radius 3 is 2.56 bits per heavy atom. The van der Waals surface area contributed by atoms with Gasteiger partial charge in [0.25, 0.3) is 0 Å². The summed E-state index contributed by atoms with van der Waals surface area (Å²) >= 11 is 0. The van der Waals surface area contributed by atoms with Crippen molar-refractivity contribution in [1.29, 1.82) is 0 Å². The molecule has 1 amide bonds. The number of nitrogens with two attached hydrogens (primary N) is 1. The number of likely N-dealkylation sites (tertiary alicyclic amines) is 1. The van der Waals surface area contributed by atoms with Crippen LogP contribution in [0.3, 0.4) is 0 Å². The van der Waals surface area contributed by atoms with Gasteiger partial charge in [0.1, 0.15) is 5.60 Å². The first-order valence-corrected chi connectivity index (χ1v) is 6.14. The first-order valence-electron chi connectivity index (χ1n) is 6.14. The van der Waals surface area contributed by atoms with E-state index in [1.807, 2.05) is 25.7 Å². The molecule has 4 nitrogen and oxygen atoms in total. The van der Waals surface area contributed by atoms with E-state index in [1.54, 1.807) is 0 Å². The lowest BCUT2D eigenvalue weighted by Gasteiger charge is -2.28. The van der Waals surface area contributed by atoms with E-state index in [0.717, 1.165) is 25.8 Å². The molecule has 2 rings (SSSR count). The van der Waals surface area contributed by atoms with Gasteiger partial charge in [-0.3, -0.25) is 0 Å². The standard InChI is InChI=1S/C12H22N2O2/c1-12(2,3)16-11(15)14-6-4-5-10(14)8-7-9(8)13/h8-10H,4-7,13H2,1-3H3. The van der Waals surface area contributed by atoms with Crippen molar-refractivity contribution in [1.82, 2.24) is 4.90 Å².